The van der Waals surface area contributed by atoms with Crippen molar-refractivity contribution in [2.75, 3.05) is 13.7 Å². The normalized spacial score (nSPS) is 17.0. The van der Waals surface area contributed by atoms with E-state index in [1.807, 2.05) is 12.1 Å². The number of ether oxygens (including phenoxy) is 2. The predicted octanol–water partition coefficient (Wildman–Crippen LogP) is 3.10. The maximum Gasteiger partial charge on any atom is 0.122 e. The molecule has 1 N–H and O–H groups in total. The van der Waals surface area contributed by atoms with Crippen molar-refractivity contribution in [2.24, 2.45) is 0 Å². The van der Waals surface area contributed by atoms with Gasteiger partial charge in [-0.2, -0.15) is 0 Å². The van der Waals surface area contributed by atoms with Gasteiger partial charge in [-0.3, -0.25) is 0 Å². The fraction of sp³-hybridized carbons (Fsp3) is 0.333. The zero-order valence-electron chi connectivity index (χ0n) is 12.6. The molecule has 0 amide bonds. The molecular weight excluding hydrogens is 262 g/mol. The van der Waals surface area contributed by atoms with Gasteiger partial charge in [-0.1, -0.05) is 30.3 Å². The molecule has 3 heteroatoms. The van der Waals surface area contributed by atoms with Crippen LogP contribution in [0.1, 0.15) is 16.7 Å². The third kappa shape index (κ3) is 3.19. The highest BCUT2D eigenvalue weighted by Gasteiger charge is 2.18. The minimum Gasteiger partial charge on any atom is -0.496 e. The van der Waals surface area contributed by atoms with E-state index in [0.717, 1.165) is 36.6 Å². The van der Waals surface area contributed by atoms with Crippen LogP contribution in [0.3, 0.4) is 0 Å². The summed E-state index contributed by atoms with van der Waals surface area (Å²) in [6.07, 6.45) is 1.01. The van der Waals surface area contributed by atoms with Gasteiger partial charge in [0.15, 0.2) is 0 Å². The average Bonchev–Trinajstić information content (AvgIpc) is 2.54. The number of para-hydroxylation sites is 1. The standard InChI is InChI=1S/C18H21NO2/c1-13-7-8-14(9-18(13)20-2)11-19-16-10-15-5-3-4-6-17(15)21-12-16/h3-9,16,19H,10-12H2,1-2H3. The molecule has 0 radical (unpaired) electrons. The summed E-state index contributed by atoms with van der Waals surface area (Å²) in [4.78, 5) is 0. The van der Waals surface area contributed by atoms with Crippen LogP contribution in [-0.4, -0.2) is 19.8 Å². The molecule has 3 nitrogen and oxygen atoms in total. The summed E-state index contributed by atoms with van der Waals surface area (Å²) < 4.78 is 11.2. The molecule has 0 bridgehead atoms. The van der Waals surface area contributed by atoms with Gasteiger partial charge in [-0.15, -0.1) is 0 Å². The van der Waals surface area contributed by atoms with Gasteiger partial charge in [0.1, 0.15) is 18.1 Å². The van der Waals surface area contributed by atoms with Gasteiger partial charge < -0.3 is 14.8 Å². The Morgan fingerprint density at radius 2 is 2.10 bits per heavy atom. The molecule has 21 heavy (non-hydrogen) atoms. The van der Waals surface area contributed by atoms with Crippen LogP contribution in [0.4, 0.5) is 0 Å². The molecule has 1 heterocycles. The van der Waals surface area contributed by atoms with E-state index < -0.39 is 0 Å². The van der Waals surface area contributed by atoms with Crippen molar-refractivity contribution in [3.63, 3.8) is 0 Å². The second-order valence-corrected chi connectivity index (χ2v) is 5.50. The second-order valence-electron chi connectivity index (χ2n) is 5.50. The molecule has 110 valence electrons. The molecule has 0 saturated heterocycles. The van der Waals surface area contributed by atoms with Crippen molar-refractivity contribution in [3.05, 3.63) is 59.2 Å². The van der Waals surface area contributed by atoms with E-state index >= 15 is 0 Å². The van der Waals surface area contributed by atoms with Gasteiger partial charge in [-0.25, -0.2) is 0 Å². The topological polar surface area (TPSA) is 30.5 Å². The van der Waals surface area contributed by atoms with E-state index in [9.17, 15) is 0 Å². The third-order valence-corrected chi connectivity index (χ3v) is 3.95. The molecule has 0 fully saturated rings. The van der Waals surface area contributed by atoms with E-state index in [2.05, 4.69) is 42.6 Å². The van der Waals surface area contributed by atoms with E-state index in [1.165, 1.54) is 11.1 Å². The molecule has 1 unspecified atom stereocenters. The molecule has 1 atom stereocenters. The van der Waals surface area contributed by atoms with Gasteiger partial charge in [0.2, 0.25) is 0 Å². The second kappa shape index (κ2) is 6.19. The quantitative estimate of drug-likeness (QED) is 0.935. The number of nitrogens with one attached hydrogen (secondary N) is 1. The lowest BCUT2D eigenvalue weighted by Gasteiger charge is -2.26. The molecule has 1 aliphatic rings. The average molecular weight is 283 g/mol. The summed E-state index contributed by atoms with van der Waals surface area (Å²) in [6, 6.07) is 15.0. The summed E-state index contributed by atoms with van der Waals surface area (Å²) in [7, 11) is 1.71. The van der Waals surface area contributed by atoms with E-state index in [1.54, 1.807) is 7.11 Å². The number of methoxy groups -OCH3 is 1. The molecule has 1 aliphatic heterocycles. The fourth-order valence-corrected chi connectivity index (χ4v) is 2.70. The van der Waals surface area contributed by atoms with Crippen LogP contribution in [0.25, 0.3) is 0 Å². The lowest BCUT2D eigenvalue weighted by Crippen LogP contribution is -2.38. The lowest BCUT2D eigenvalue weighted by atomic mass is 10.0. The van der Waals surface area contributed by atoms with E-state index in [-0.39, 0.29) is 0 Å². The van der Waals surface area contributed by atoms with E-state index in [4.69, 9.17) is 9.47 Å². The molecule has 0 spiro atoms. The van der Waals surface area contributed by atoms with Crippen LogP contribution in [0.15, 0.2) is 42.5 Å². The van der Waals surface area contributed by atoms with Gasteiger partial charge in [0.05, 0.1) is 7.11 Å². The number of aryl methyl sites for hydroxylation is 1. The van der Waals surface area contributed by atoms with Crippen molar-refractivity contribution in [2.45, 2.75) is 25.9 Å². The highest BCUT2D eigenvalue weighted by Crippen LogP contribution is 2.24. The Kier molecular flexibility index (Phi) is 4.11. The van der Waals surface area contributed by atoms with Gasteiger partial charge in [-0.05, 0) is 42.2 Å². The van der Waals surface area contributed by atoms with Gasteiger partial charge in [0.25, 0.3) is 0 Å². The summed E-state index contributed by atoms with van der Waals surface area (Å²) in [5.74, 6) is 1.96. The smallest absolute Gasteiger partial charge is 0.122 e. The monoisotopic (exact) mass is 283 g/mol. The molecule has 0 saturated carbocycles. The number of hydrogen-bond donors (Lipinski definition) is 1. The maximum absolute atomic E-state index is 5.80. The van der Waals surface area contributed by atoms with Crippen LogP contribution in [-0.2, 0) is 13.0 Å². The van der Waals surface area contributed by atoms with Crippen LogP contribution in [0.5, 0.6) is 11.5 Å². The number of hydrogen-bond acceptors (Lipinski definition) is 3. The van der Waals surface area contributed by atoms with Crippen LogP contribution in [0, 0.1) is 6.92 Å². The zero-order valence-corrected chi connectivity index (χ0v) is 12.6. The minimum absolute atomic E-state index is 0.354. The Balaban J connectivity index is 1.61. The fourth-order valence-electron chi connectivity index (χ4n) is 2.70. The highest BCUT2D eigenvalue weighted by atomic mass is 16.5. The van der Waals surface area contributed by atoms with Crippen LogP contribution < -0.4 is 14.8 Å². The van der Waals surface area contributed by atoms with Crippen molar-refractivity contribution < 1.29 is 9.47 Å². The number of rotatable bonds is 4. The van der Waals surface area contributed by atoms with Crippen molar-refractivity contribution in [1.82, 2.24) is 5.32 Å². The van der Waals surface area contributed by atoms with Crippen molar-refractivity contribution in [1.29, 1.82) is 0 Å². The highest BCUT2D eigenvalue weighted by molar-refractivity contribution is 5.37. The summed E-state index contributed by atoms with van der Waals surface area (Å²) >= 11 is 0. The summed E-state index contributed by atoms with van der Waals surface area (Å²) in [5.41, 5.74) is 3.68. The zero-order chi connectivity index (χ0) is 14.7. The number of benzene rings is 2. The van der Waals surface area contributed by atoms with Crippen molar-refractivity contribution >= 4 is 0 Å². The van der Waals surface area contributed by atoms with E-state index in [0.29, 0.717) is 6.04 Å². The summed E-state index contributed by atoms with van der Waals surface area (Å²) in [6.45, 7) is 3.61. The predicted molar refractivity (Wildman–Crippen MR) is 84.0 cm³/mol. The Morgan fingerprint density at radius 1 is 1.24 bits per heavy atom. The first-order valence-corrected chi connectivity index (χ1v) is 7.34. The van der Waals surface area contributed by atoms with Crippen LogP contribution in [0.2, 0.25) is 0 Å². The largest absolute Gasteiger partial charge is 0.496 e. The Morgan fingerprint density at radius 3 is 2.95 bits per heavy atom. The number of fused-ring (bicyclic) bond motifs is 1. The molecule has 2 aromatic carbocycles. The molecule has 0 aromatic heterocycles. The lowest BCUT2D eigenvalue weighted by molar-refractivity contribution is 0.238. The van der Waals surface area contributed by atoms with Crippen LogP contribution >= 0.6 is 0 Å². The summed E-state index contributed by atoms with van der Waals surface area (Å²) in [5, 5.41) is 3.57. The SMILES string of the molecule is COc1cc(CNC2COc3ccccc3C2)ccc1C. The Bertz CT molecular complexity index is 624. The Labute approximate surface area is 125 Å². The molecule has 3 rings (SSSR count). The molecular formula is C18H21NO2. The minimum atomic E-state index is 0.354. The third-order valence-electron chi connectivity index (χ3n) is 3.95. The molecule has 0 aliphatic carbocycles. The van der Waals surface area contributed by atoms with Gasteiger partial charge in [0, 0.05) is 12.6 Å². The maximum atomic E-state index is 5.80. The first-order valence-electron chi connectivity index (χ1n) is 7.34. The first kappa shape index (κ1) is 14.0. The van der Waals surface area contributed by atoms with Crippen molar-refractivity contribution in [3.8, 4) is 11.5 Å². The molecule has 2 aromatic rings. The van der Waals surface area contributed by atoms with Gasteiger partial charge >= 0.3 is 0 Å². The Hall–Kier alpha value is -2.00. The first-order chi connectivity index (χ1) is 10.3.